The summed E-state index contributed by atoms with van der Waals surface area (Å²) in [7, 11) is 0. The van der Waals surface area contributed by atoms with Gasteiger partial charge in [-0.25, -0.2) is 0 Å². The van der Waals surface area contributed by atoms with Crippen LogP contribution in [0.1, 0.15) is 0 Å². The molecule has 0 fully saturated rings. The molecule has 0 rings (SSSR count). The average molecular weight is 166 g/mol. The SMILES string of the molecule is [Cr].[MgH+].[OH-].[O]=[Fe]. The molecule has 0 aromatic carbocycles. The van der Waals surface area contributed by atoms with Crippen LogP contribution in [0.3, 0.4) is 0 Å². The third-order valence-electron chi connectivity index (χ3n) is 0. The monoisotopic (exact) mass is 166 g/mol. The molecule has 0 atom stereocenters. The molecule has 0 spiro atoms. The molecule has 0 aliphatic rings. The van der Waals surface area contributed by atoms with E-state index in [0.717, 1.165) is 0 Å². The summed E-state index contributed by atoms with van der Waals surface area (Å²) in [4.78, 5) is 0. The van der Waals surface area contributed by atoms with Crippen LogP contribution in [-0.4, -0.2) is 28.5 Å². The Morgan fingerprint density at radius 1 is 1.20 bits per heavy atom. The van der Waals surface area contributed by atoms with Crippen molar-refractivity contribution in [2.45, 2.75) is 0 Å². The Morgan fingerprint density at radius 2 is 1.20 bits per heavy atom. The summed E-state index contributed by atoms with van der Waals surface area (Å²) in [5.41, 5.74) is 0. The quantitative estimate of drug-likeness (QED) is 0.436. The van der Waals surface area contributed by atoms with Gasteiger partial charge in [0.15, 0.2) is 0 Å². The van der Waals surface area contributed by atoms with Crippen molar-refractivity contribution < 1.29 is 42.6 Å². The van der Waals surface area contributed by atoms with Crippen LogP contribution in [0.4, 0.5) is 0 Å². The van der Waals surface area contributed by atoms with E-state index in [1.165, 1.54) is 0 Å². The summed E-state index contributed by atoms with van der Waals surface area (Å²) < 4.78 is 8.00. The summed E-state index contributed by atoms with van der Waals surface area (Å²) in [5.74, 6) is 0. The second kappa shape index (κ2) is 46.9. The molecule has 0 aliphatic heterocycles. The molecule has 0 heterocycles. The summed E-state index contributed by atoms with van der Waals surface area (Å²) in [5, 5.41) is 0. The zero-order chi connectivity index (χ0) is 2.00. The van der Waals surface area contributed by atoms with Crippen molar-refractivity contribution in [3.63, 3.8) is 0 Å². The topological polar surface area (TPSA) is 47.1 Å². The summed E-state index contributed by atoms with van der Waals surface area (Å²) in [6, 6.07) is 0. The van der Waals surface area contributed by atoms with Gasteiger partial charge in [-0.2, -0.15) is 0 Å². The number of rotatable bonds is 0. The van der Waals surface area contributed by atoms with E-state index in [9.17, 15) is 0 Å². The van der Waals surface area contributed by atoms with Gasteiger partial charge in [0.05, 0.1) is 0 Å². The van der Waals surface area contributed by atoms with Gasteiger partial charge >= 0.3 is 42.8 Å². The van der Waals surface area contributed by atoms with Crippen LogP contribution in [0.25, 0.3) is 0 Å². The Labute approximate surface area is 65.3 Å². The van der Waals surface area contributed by atoms with Crippen LogP contribution in [0.5, 0.6) is 0 Å². The maximum atomic E-state index is 8.00. The van der Waals surface area contributed by atoms with Crippen LogP contribution in [0.2, 0.25) is 0 Å². The first-order chi connectivity index (χ1) is 1.00. The van der Waals surface area contributed by atoms with Crippen molar-refractivity contribution in [3.8, 4) is 0 Å². The minimum atomic E-state index is 0. The Bertz CT molecular complexity index is 9.61. The van der Waals surface area contributed by atoms with E-state index < -0.39 is 0 Å². The van der Waals surface area contributed by atoms with Gasteiger partial charge in [0.2, 0.25) is 0 Å². The Kier molecular flexibility index (Phi) is 289. The van der Waals surface area contributed by atoms with E-state index in [1.807, 2.05) is 15.9 Å². The third kappa shape index (κ3) is 28.7. The van der Waals surface area contributed by atoms with Gasteiger partial charge in [-0.15, -0.1) is 0 Å². The van der Waals surface area contributed by atoms with Crippen molar-refractivity contribution in [1.82, 2.24) is 0 Å². The van der Waals surface area contributed by atoms with Crippen LogP contribution >= 0.6 is 0 Å². The van der Waals surface area contributed by atoms with E-state index in [2.05, 4.69) is 0 Å². The fraction of sp³-hybridized carbons (Fsp3) is 0. The molecule has 5 heavy (non-hydrogen) atoms. The van der Waals surface area contributed by atoms with Gasteiger partial charge < -0.3 is 5.48 Å². The van der Waals surface area contributed by atoms with Crippen molar-refractivity contribution in [1.29, 1.82) is 0 Å². The van der Waals surface area contributed by atoms with Crippen molar-refractivity contribution in [3.05, 3.63) is 0 Å². The molecule has 30 valence electrons. The van der Waals surface area contributed by atoms with Gasteiger partial charge in [0.1, 0.15) is 0 Å². The van der Waals surface area contributed by atoms with E-state index in [-0.39, 0.29) is 45.9 Å². The average Bonchev–Trinajstić information content (AvgIpc) is 1.00. The molecule has 0 radical (unpaired) electrons. The van der Waals surface area contributed by atoms with Gasteiger partial charge in [-0.3, -0.25) is 0 Å². The van der Waals surface area contributed by atoms with Gasteiger partial charge in [-0.05, 0) is 0 Å². The molecule has 2 nitrogen and oxygen atoms in total. The first-order valence-corrected chi connectivity index (χ1v) is 0.595. The Morgan fingerprint density at radius 3 is 1.20 bits per heavy atom. The molecular weight excluding hydrogens is 164 g/mol. The van der Waals surface area contributed by atoms with Crippen molar-refractivity contribution in [2.75, 3.05) is 0 Å². The van der Waals surface area contributed by atoms with E-state index in [4.69, 9.17) is 3.83 Å². The van der Waals surface area contributed by atoms with Crippen molar-refractivity contribution >= 4 is 23.1 Å². The summed E-state index contributed by atoms with van der Waals surface area (Å²) in [6.45, 7) is 0. The second-order valence-electron chi connectivity index (χ2n) is 0. The maximum absolute atomic E-state index is 8.00. The zero-order valence-corrected chi connectivity index (χ0v) is 7.00. The second-order valence-corrected chi connectivity index (χ2v) is 0. The van der Waals surface area contributed by atoms with Crippen LogP contribution < -0.4 is 0 Å². The summed E-state index contributed by atoms with van der Waals surface area (Å²) >= 11 is 2.00. The molecule has 1 N–H and O–H groups in total. The molecule has 0 saturated carbocycles. The van der Waals surface area contributed by atoms with Crippen LogP contribution in [-0.2, 0) is 37.1 Å². The van der Waals surface area contributed by atoms with Crippen molar-refractivity contribution in [2.24, 2.45) is 0 Å². The number of hydrogen-bond donors (Lipinski definition) is 0. The Hall–Kier alpha value is 1.58. The van der Waals surface area contributed by atoms with E-state index in [0.29, 0.717) is 0 Å². The predicted molar refractivity (Wildman–Crippen MR) is 9.77 cm³/mol. The molecule has 0 saturated heterocycles. The Balaban J connectivity index is -0.00000000167. The first kappa shape index (κ1) is 30.8. The fourth-order valence-electron chi connectivity index (χ4n) is 0. The number of hydrogen-bond acceptors (Lipinski definition) is 2. The molecule has 0 amide bonds. The minimum absolute atomic E-state index is 0. The molecule has 0 aromatic heterocycles. The standard InChI is InChI=1S/Cr.Fe.Mg.H2O.O.H/h;;;1H2;;/q;;+1;;;/p-1. The predicted octanol–water partition coefficient (Wildman–Crippen LogP) is -0.949. The summed E-state index contributed by atoms with van der Waals surface area (Å²) in [6.07, 6.45) is 0. The normalized spacial score (nSPS) is 1.00. The molecule has 5 heteroatoms. The van der Waals surface area contributed by atoms with Crippen LogP contribution in [0.15, 0.2) is 0 Å². The fourth-order valence-corrected chi connectivity index (χ4v) is 0. The van der Waals surface area contributed by atoms with Gasteiger partial charge in [0.25, 0.3) is 0 Å². The molecule has 0 bridgehead atoms. The molecular formula is H2CrFeMgO2. The van der Waals surface area contributed by atoms with Crippen LogP contribution in [0, 0.1) is 0 Å². The molecule has 0 unspecified atom stereocenters. The first-order valence-electron chi connectivity index (χ1n) is 0.144. The third-order valence-corrected chi connectivity index (χ3v) is 0. The van der Waals surface area contributed by atoms with E-state index >= 15 is 0 Å². The van der Waals surface area contributed by atoms with E-state index in [1.54, 1.807) is 0 Å². The van der Waals surface area contributed by atoms with Gasteiger partial charge in [0, 0.05) is 17.4 Å². The zero-order valence-electron chi connectivity index (χ0n) is 2.62. The molecule has 0 aromatic rings. The molecule has 0 aliphatic carbocycles. The van der Waals surface area contributed by atoms with Gasteiger partial charge in [-0.1, -0.05) is 0 Å².